The Kier molecular flexibility index (Phi) is 4.79. The van der Waals surface area contributed by atoms with Crippen molar-refractivity contribution in [3.05, 3.63) is 42.0 Å². The van der Waals surface area contributed by atoms with Crippen molar-refractivity contribution >= 4 is 16.7 Å². The third-order valence-electron chi connectivity index (χ3n) is 4.15. The van der Waals surface area contributed by atoms with Gasteiger partial charge in [-0.05, 0) is 28.5 Å². The fraction of sp³-hybridized carbons (Fsp3) is 0.389. The number of benzene rings is 2. The van der Waals surface area contributed by atoms with Gasteiger partial charge in [0.05, 0.1) is 20.3 Å². The molecule has 2 N–H and O–H groups in total. The first-order chi connectivity index (χ1) is 11.2. The van der Waals surface area contributed by atoms with Gasteiger partial charge in [0.15, 0.2) is 6.29 Å². The molecule has 0 radical (unpaired) electrons. The Labute approximate surface area is 135 Å². The molecule has 2 aromatic rings. The van der Waals surface area contributed by atoms with Gasteiger partial charge in [0.25, 0.3) is 0 Å². The Morgan fingerprint density at radius 1 is 1.26 bits per heavy atom. The van der Waals surface area contributed by atoms with Crippen molar-refractivity contribution < 1.29 is 19.0 Å². The van der Waals surface area contributed by atoms with Crippen LogP contribution in [0, 0.1) is 0 Å². The molecule has 5 nitrogen and oxygen atoms in total. The predicted octanol–water partition coefficient (Wildman–Crippen LogP) is 2.57. The topological polar surface area (TPSA) is 70.8 Å². The smallest absolute Gasteiger partial charge is 0.217 e. The molecule has 1 amide bonds. The molecule has 3 rings (SSSR count). The van der Waals surface area contributed by atoms with Crippen molar-refractivity contribution in [3.63, 3.8) is 0 Å². The average Bonchev–Trinajstić information content (AvgIpc) is 2.59. The lowest BCUT2D eigenvalue weighted by Gasteiger charge is -2.30. The van der Waals surface area contributed by atoms with Crippen LogP contribution in [0.4, 0.5) is 0 Å². The molecule has 0 aliphatic carbocycles. The SMILES string of the molecule is COc1ccc2c(C3COC(CCC(N)=O)OC3)cccc2c1. The molecule has 1 aliphatic rings. The third kappa shape index (κ3) is 3.63. The van der Waals surface area contributed by atoms with Crippen LogP contribution in [0.2, 0.25) is 0 Å². The second-order valence-corrected chi connectivity index (χ2v) is 5.73. The van der Waals surface area contributed by atoms with Crippen molar-refractivity contribution in [2.24, 2.45) is 5.73 Å². The number of nitrogens with two attached hydrogens (primary N) is 1. The average molecular weight is 315 g/mol. The minimum Gasteiger partial charge on any atom is -0.497 e. The van der Waals surface area contributed by atoms with Crippen molar-refractivity contribution in [1.82, 2.24) is 0 Å². The lowest BCUT2D eigenvalue weighted by Crippen LogP contribution is -2.31. The second-order valence-electron chi connectivity index (χ2n) is 5.73. The first kappa shape index (κ1) is 15.8. The van der Waals surface area contributed by atoms with E-state index >= 15 is 0 Å². The van der Waals surface area contributed by atoms with Crippen LogP contribution in [-0.2, 0) is 14.3 Å². The van der Waals surface area contributed by atoms with E-state index in [1.165, 1.54) is 10.9 Å². The van der Waals surface area contributed by atoms with Crippen molar-refractivity contribution in [2.75, 3.05) is 20.3 Å². The molecular formula is C18H21NO4. The summed E-state index contributed by atoms with van der Waals surface area (Å²) >= 11 is 0. The van der Waals surface area contributed by atoms with Gasteiger partial charge >= 0.3 is 0 Å². The molecule has 1 fully saturated rings. The highest BCUT2D eigenvalue weighted by Gasteiger charge is 2.24. The van der Waals surface area contributed by atoms with E-state index in [2.05, 4.69) is 18.2 Å². The molecule has 122 valence electrons. The van der Waals surface area contributed by atoms with Crippen LogP contribution in [0.3, 0.4) is 0 Å². The summed E-state index contributed by atoms with van der Waals surface area (Å²) in [6, 6.07) is 12.3. The largest absolute Gasteiger partial charge is 0.497 e. The van der Waals surface area contributed by atoms with Crippen LogP contribution in [0.5, 0.6) is 5.75 Å². The molecular weight excluding hydrogens is 294 g/mol. The summed E-state index contributed by atoms with van der Waals surface area (Å²) in [5.41, 5.74) is 6.36. The van der Waals surface area contributed by atoms with Crippen LogP contribution in [-0.4, -0.2) is 32.5 Å². The number of amides is 1. The fourth-order valence-electron chi connectivity index (χ4n) is 2.92. The molecule has 0 unspecified atom stereocenters. The Hall–Kier alpha value is -2.11. The molecule has 0 bridgehead atoms. The van der Waals surface area contributed by atoms with Crippen molar-refractivity contribution in [3.8, 4) is 5.75 Å². The van der Waals surface area contributed by atoms with E-state index in [4.69, 9.17) is 19.9 Å². The predicted molar refractivity (Wildman–Crippen MR) is 87.4 cm³/mol. The zero-order valence-electron chi connectivity index (χ0n) is 13.2. The summed E-state index contributed by atoms with van der Waals surface area (Å²) in [4.78, 5) is 10.8. The lowest BCUT2D eigenvalue weighted by atomic mass is 9.94. The number of fused-ring (bicyclic) bond motifs is 1. The second kappa shape index (κ2) is 6.98. The van der Waals surface area contributed by atoms with Crippen LogP contribution in [0.25, 0.3) is 10.8 Å². The first-order valence-corrected chi connectivity index (χ1v) is 7.75. The van der Waals surface area contributed by atoms with Crippen LogP contribution >= 0.6 is 0 Å². The van der Waals surface area contributed by atoms with Gasteiger partial charge in [-0.1, -0.05) is 24.3 Å². The van der Waals surface area contributed by atoms with Gasteiger partial charge in [-0.2, -0.15) is 0 Å². The van der Waals surface area contributed by atoms with Crippen LogP contribution < -0.4 is 10.5 Å². The zero-order chi connectivity index (χ0) is 16.2. The van der Waals surface area contributed by atoms with E-state index in [-0.39, 0.29) is 24.5 Å². The van der Waals surface area contributed by atoms with Gasteiger partial charge in [0.2, 0.25) is 5.91 Å². The molecule has 1 heterocycles. The maximum Gasteiger partial charge on any atom is 0.217 e. The van der Waals surface area contributed by atoms with Crippen molar-refractivity contribution in [2.45, 2.75) is 25.0 Å². The van der Waals surface area contributed by atoms with Gasteiger partial charge < -0.3 is 19.9 Å². The number of primary amides is 1. The van der Waals surface area contributed by atoms with E-state index in [0.717, 1.165) is 11.1 Å². The van der Waals surface area contributed by atoms with E-state index in [1.807, 2.05) is 18.2 Å². The number of ether oxygens (including phenoxy) is 3. The standard InChI is InChI=1S/C18H21NO4/c1-21-14-5-6-16-12(9-14)3-2-4-15(16)13-10-22-18(23-11-13)8-7-17(19)20/h2-6,9,13,18H,7-8,10-11H2,1H3,(H2,19,20). The highest BCUT2D eigenvalue weighted by molar-refractivity contribution is 5.87. The van der Waals surface area contributed by atoms with Crippen molar-refractivity contribution in [1.29, 1.82) is 0 Å². The molecule has 2 aromatic carbocycles. The summed E-state index contributed by atoms with van der Waals surface area (Å²) in [5, 5.41) is 2.32. The summed E-state index contributed by atoms with van der Waals surface area (Å²) in [6.07, 6.45) is 0.451. The lowest BCUT2D eigenvalue weighted by molar-refractivity contribution is -0.190. The van der Waals surface area contributed by atoms with Gasteiger partial charge in [0, 0.05) is 18.8 Å². The molecule has 1 saturated heterocycles. The summed E-state index contributed by atoms with van der Waals surface area (Å²) in [6.45, 7) is 1.16. The minimum atomic E-state index is -0.339. The third-order valence-corrected chi connectivity index (χ3v) is 4.15. The summed E-state index contributed by atoms with van der Waals surface area (Å²) in [7, 11) is 1.67. The number of carbonyl (C=O) groups excluding carboxylic acids is 1. The summed E-state index contributed by atoms with van der Waals surface area (Å²) < 4.78 is 16.7. The maximum atomic E-state index is 10.8. The van der Waals surface area contributed by atoms with Crippen LogP contribution in [0.15, 0.2) is 36.4 Å². The van der Waals surface area contributed by atoms with Gasteiger partial charge in [-0.3, -0.25) is 4.79 Å². The highest BCUT2D eigenvalue weighted by Crippen LogP contribution is 2.31. The number of hydrogen-bond acceptors (Lipinski definition) is 4. The monoisotopic (exact) mass is 315 g/mol. The van der Waals surface area contributed by atoms with Crippen LogP contribution in [0.1, 0.15) is 24.3 Å². The maximum absolute atomic E-state index is 10.8. The number of hydrogen-bond donors (Lipinski definition) is 1. The Morgan fingerprint density at radius 2 is 2.04 bits per heavy atom. The Bertz CT molecular complexity index is 692. The molecule has 23 heavy (non-hydrogen) atoms. The van der Waals surface area contributed by atoms with E-state index in [0.29, 0.717) is 19.6 Å². The zero-order valence-corrected chi connectivity index (χ0v) is 13.2. The Balaban J connectivity index is 1.73. The van der Waals surface area contributed by atoms with Gasteiger partial charge in [-0.25, -0.2) is 0 Å². The van der Waals surface area contributed by atoms with E-state index < -0.39 is 0 Å². The quantitative estimate of drug-likeness (QED) is 0.920. The number of rotatable bonds is 5. The van der Waals surface area contributed by atoms with E-state index in [1.54, 1.807) is 7.11 Å². The molecule has 0 saturated carbocycles. The minimum absolute atomic E-state index is 0.178. The Morgan fingerprint density at radius 3 is 2.74 bits per heavy atom. The molecule has 5 heteroatoms. The molecule has 1 aliphatic heterocycles. The fourth-order valence-corrected chi connectivity index (χ4v) is 2.92. The molecule has 0 atom stereocenters. The number of carbonyl (C=O) groups is 1. The van der Waals surface area contributed by atoms with E-state index in [9.17, 15) is 4.79 Å². The molecule has 0 aromatic heterocycles. The van der Waals surface area contributed by atoms with Gasteiger partial charge in [-0.15, -0.1) is 0 Å². The van der Waals surface area contributed by atoms with Gasteiger partial charge in [0.1, 0.15) is 5.75 Å². The number of methoxy groups -OCH3 is 1. The normalized spacial score (nSPS) is 21.3. The highest BCUT2D eigenvalue weighted by atomic mass is 16.7. The first-order valence-electron chi connectivity index (χ1n) is 7.75. The summed E-state index contributed by atoms with van der Waals surface area (Å²) in [5.74, 6) is 0.691. The molecule has 0 spiro atoms.